The zero-order valence-electron chi connectivity index (χ0n) is 46.4. The van der Waals surface area contributed by atoms with E-state index in [2.05, 4.69) is 75.2 Å². The molecule has 2 aromatic rings. The number of ether oxygens (including phenoxy) is 1. The van der Waals surface area contributed by atoms with Crippen LogP contribution in [0.4, 0.5) is 0 Å². The second kappa shape index (κ2) is 27.6. The predicted octanol–water partition coefficient (Wildman–Crippen LogP) is -1.78. The van der Waals surface area contributed by atoms with Crippen molar-refractivity contribution in [1.82, 2.24) is 52.4 Å². The van der Waals surface area contributed by atoms with Gasteiger partial charge in [0.25, 0.3) is 0 Å². The summed E-state index contributed by atoms with van der Waals surface area (Å²) in [7, 11) is 0.816. The van der Waals surface area contributed by atoms with Crippen LogP contribution in [-0.2, 0) is 60.4 Å². The number of aromatic amines is 1. The van der Waals surface area contributed by atoms with Crippen molar-refractivity contribution in [3.63, 3.8) is 0 Å². The second-order valence-corrected chi connectivity index (χ2v) is 27.0. The van der Waals surface area contributed by atoms with Gasteiger partial charge in [0.05, 0.1) is 66.4 Å². The average Bonchev–Trinajstić information content (AvgIpc) is 4.20. The van der Waals surface area contributed by atoms with E-state index in [0.29, 0.717) is 11.8 Å². The van der Waals surface area contributed by atoms with Crippen LogP contribution in [-0.4, -0.2) is 191 Å². The van der Waals surface area contributed by atoms with Gasteiger partial charge in [-0.3, -0.25) is 47.4 Å². The van der Waals surface area contributed by atoms with Crippen LogP contribution in [0.1, 0.15) is 99.5 Å². The maximum absolute atomic E-state index is 16.2. The Balaban J connectivity index is 1.63. The first kappa shape index (κ1) is 63.8. The quantitative estimate of drug-likeness (QED) is 0.0779. The number of aliphatic hydroxyl groups is 3. The summed E-state index contributed by atoms with van der Waals surface area (Å²) >= 11 is 0. The van der Waals surface area contributed by atoms with E-state index in [1.807, 2.05) is 6.92 Å². The minimum atomic E-state index is -2.40. The number of Topliss-reactive ketones (excluding diaryl/α,β-unsaturated/α-hetero) is 1. The first-order chi connectivity index (χ1) is 37.7. The van der Waals surface area contributed by atoms with Gasteiger partial charge >= 0.3 is 0 Å². The molecule has 6 heterocycles. The lowest BCUT2D eigenvalue weighted by molar-refractivity contribution is -0.166. The summed E-state index contributed by atoms with van der Waals surface area (Å²) in [5, 5.41) is 54.3. The first-order valence-corrected chi connectivity index (χ1v) is 30.6. The van der Waals surface area contributed by atoms with Crippen LogP contribution in [0.25, 0.3) is 10.9 Å². The van der Waals surface area contributed by atoms with Crippen LogP contribution >= 0.6 is 21.6 Å². The van der Waals surface area contributed by atoms with Gasteiger partial charge in [-0.2, -0.15) is 0 Å². The average molecular weight is 1180 g/mol. The molecule has 25 nitrogen and oxygen atoms in total. The second-order valence-electron chi connectivity index (χ2n) is 22.2. The summed E-state index contributed by atoms with van der Waals surface area (Å²) in [6.45, 7) is 13.0. The largest absolute Gasteiger partial charge is 0.465 e. The summed E-state index contributed by atoms with van der Waals surface area (Å²) in [5.41, 5.74) is 3.81. The van der Waals surface area contributed by atoms with Crippen molar-refractivity contribution in [1.29, 1.82) is 0 Å². The van der Waals surface area contributed by atoms with Crippen molar-refractivity contribution < 1.29 is 67.4 Å². The van der Waals surface area contributed by atoms with E-state index in [-0.39, 0.29) is 57.2 Å². The summed E-state index contributed by atoms with van der Waals surface area (Å²) in [5.74, 6) is -11.4. The van der Waals surface area contributed by atoms with Crippen LogP contribution in [0.3, 0.4) is 0 Å². The maximum Gasteiger partial charge on any atom is 0.244 e. The third kappa shape index (κ3) is 15.8. The van der Waals surface area contributed by atoms with Gasteiger partial charge in [0.15, 0.2) is 0 Å². The number of primary amides is 1. The standard InChI is InChI=1S/C52H79N11O14S3/c1-9-26(4)42-48(74)56-20-40(68)57-36-24-80(76)50-32-18-35(45(71)55-21-41(69)61-42)59-49(75)43(28(6)38(66)23-64)62-47(73)37-16-29(65)22-63(37)52(44(70)34(19-39(53)67)58-46(36)72,77-30-10-11-31(32)33(17-30)60-50)13-12-27(5)78-79-51(7,8)14-15-54-25(2)3/h10-11,17,25-29,34-38,42-43,54,60,64-66H,9,12-16,18-24H2,1-8H3,(H2,53,67)(H,55,71)(H,56,74)(H,57,68)(H,58,72)(H,59,75)(H,61,69)(H,62,73)/t26-,27?,28-,29?,34-,35-,36?,37-,38-,42-,43-,52?,80+/m0/s1. The molecule has 1 saturated heterocycles. The van der Waals surface area contributed by atoms with Crippen LogP contribution < -0.4 is 53.0 Å². The van der Waals surface area contributed by atoms with E-state index < -0.39 is 175 Å². The zero-order chi connectivity index (χ0) is 59.0. The van der Waals surface area contributed by atoms with Crippen molar-refractivity contribution in [3.05, 3.63) is 23.8 Å². The molecule has 7 rings (SSSR count). The Kier molecular flexibility index (Phi) is 22.0. The zero-order valence-corrected chi connectivity index (χ0v) is 48.9. The van der Waals surface area contributed by atoms with E-state index in [9.17, 15) is 48.9 Å². The Labute approximate surface area is 475 Å². The topological polar surface area (TPSA) is 382 Å². The van der Waals surface area contributed by atoms with Crippen LogP contribution in [0, 0.1) is 11.8 Å². The molecule has 0 saturated carbocycles. The van der Waals surface area contributed by atoms with Crippen molar-refractivity contribution in [2.75, 3.05) is 38.5 Å². The molecule has 1 aromatic heterocycles. The van der Waals surface area contributed by atoms with Gasteiger partial charge in [0.1, 0.15) is 41.0 Å². The molecule has 0 spiro atoms. The number of hydrogen-bond donors (Lipinski definition) is 13. The Morgan fingerprint density at radius 3 is 2.26 bits per heavy atom. The number of ketones is 1. The number of aromatic nitrogens is 1. The molecule has 28 heteroatoms. The lowest BCUT2D eigenvalue weighted by Crippen LogP contribution is -2.68. The molecule has 444 valence electrons. The molecule has 4 unspecified atom stereocenters. The van der Waals surface area contributed by atoms with Gasteiger partial charge in [0.2, 0.25) is 58.8 Å². The molecule has 1 fully saturated rings. The van der Waals surface area contributed by atoms with Crippen molar-refractivity contribution in [2.45, 2.75) is 176 Å². The number of fused-ring (bicyclic) bond motifs is 7. The van der Waals surface area contributed by atoms with Crippen LogP contribution in [0.15, 0.2) is 23.2 Å². The normalized spacial score (nSPS) is 28.4. The molecule has 5 aliphatic heterocycles. The maximum atomic E-state index is 16.2. The van der Waals surface area contributed by atoms with Crippen LogP contribution in [0.5, 0.6) is 5.75 Å². The Hall–Kier alpha value is -5.36. The molecule has 0 radical (unpaired) electrons. The number of nitrogens with two attached hydrogens (primary N) is 1. The minimum absolute atomic E-state index is 0.0159. The predicted molar refractivity (Wildman–Crippen MR) is 300 cm³/mol. The first-order valence-electron chi connectivity index (χ1n) is 27.1. The lowest BCUT2D eigenvalue weighted by Gasteiger charge is -2.45. The number of benzene rings is 1. The van der Waals surface area contributed by atoms with Gasteiger partial charge in [-0.1, -0.05) is 69.6 Å². The fraction of sp³-hybridized carbons (Fsp3) is 0.673. The monoisotopic (exact) mass is 1180 g/mol. The molecule has 5 aliphatic rings. The molecule has 80 heavy (non-hydrogen) atoms. The number of carbonyl (C=O) groups excluding carboxylic acids is 9. The van der Waals surface area contributed by atoms with Crippen LogP contribution in [0.2, 0.25) is 0 Å². The third-order valence-electron chi connectivity index (χ3n) is 15.0. The third-order valence-corrected chi connectivity index (χ3v) is 20.4. The highest BCUT2D eigenvalue weighted by atomic mass is 33.1. The van der Waals surface area contributed by atoms with Gasteiger partial charge in [-0.25, -0.2) is 4.90 Å². The smallest absolute Gasteiger partial charge is 0.244 e. The summed E-state index contributed by atoms with van der Waals surface area (Å²) < 4.78 is 21.8. The molecular formula is C52H79N11O14S3. The number of nitrogens with one attached hydrogen (secondary N) is 9. The molecule has 1 aromatic carbocycles. The van der Waals surface area contributed by atoms with Crippen molar-refractivity contribution in [2.24, 2.45) is 17.6 Å². The number of H-pyrrole nitrogens is 1. The van der Waals surface area contributed by atoms with Crippen molar-refractivity contribution in [3.8, 4) is 5.75 Å². The van der Waals surface area contributed by atoms with E-state index in [1.54, 1.807) is 41.5 Å². The highest BCUT2D eigenvalue weighted by Crippen LogP contribution is 2.44. The number of rotatable bonds is 17. The summed E-state index contributed by atoms with van der Waals surface area (Å²) in [4.78, 5) is 135. The number of aliphatic hydroxyl groups excluding tert-OH is 3. The Morgan fingerprint density at radius 2 is 1.60 bits per heavy atom. The summed E-state index contributed by atoms with van der Waals surface area (Å²) in [6.07, 6.45) is -3.66. The Bertz CT molecular complexity index is 2680. The van der Waals surface area contributed by atoms with Gasteiger partial charge < -0.3 is 73.3 Å². The lowest BCUT2D eigenvalue weighted by atomic mass is 9.90. The van der Waals surface area contributed by atoms with Crippen molar-refractivity contribution >= 4 is 96.3 Å². The van der Waals surface area contributed by atoms with Gasteiger partial charge in [0, 0.05) is 52.8 Å². The summed E-state index contributed by atoms with van der Waals surface area (Å²) in [6, 6.07) is -5.14. The highest BCUT2D eigenvalue weighted by molar-refractivity contribution is 8.77. The fourth-order valence-corrected chi connectivity index (χ4v) is 14.2. The molecule has 8 amide bonds. The number of hydrogen-bond acceptors (Lipinski definition) is 18. The van der Waals surface area contributed by atoms with E-state index in [1.165, 1.54) is 24.0 Å². The highest BCUT2D eigenvalue weighted by Gasteiger charge is 2.57. The number of nitrogens with zero attached hydrogens (tertiary/aromatic N) is 1. The van der Waals surface area contributed by atoms with Gasteiger partial charge in [-0.05, 0) is 63.3 Å². The Morgan fingerprint density at radius 1 is 0.912 bits per heavy atom. The molecule has 8 bridgehead atoms. The molecule has 14 N–H and O–H groups in total. The molecule has 13 atom stereocenters. The SMILES string of the molecule is CC[C@H](C)[C@@H]1NC(=O)CNC(=O)[C@@H]2Cc3c4[nH]c5cc(ccc35)OC(CCC(C)SSC(C)(C)CCNC(C)C)(C(=O)[C@H](CC(N)=O)NC(=O)C(C[S@]4=O)NC(=O)CNC1=O)N1CC(O)C[C@H]1C(=O)N[C@@H]([C@@H](C)[C@@H](O)CO)C(=O)N2. The van der Waals surface area contributed by atoms with E-state index >= 15 is 13.8 Å². The molecular weight excluding hydrogens is 1100 g/mol. The van der Waals surface area contributed by atoms with E-state index in [4.69, 9.17) is 10.5 Å². The van der Waals surface area contributed by atoms with Gasteiger partial charge in [-0.15, -0.1) is 0 Å². The number of amides is 8. The minimum Gasteiger partial charge on any atom is -0.465 e. The fourth-order valence-electron chi connectivity index (χ4n) is 10.1. The van der Waals surface area contributed by atoms with E-state index in [0.717, 1.165) is 13.0 Å². The number of carbonyl (C=O) groups is 9. The molecule has 0 aliphatic carbocycles.